The van der Waals surface area contributed by atoms with Gasteiger partial charge in [-0.05, 0) is 12.1 Å². The molecule has 1 aromatic heterocycles. The van der Waals surface area contributed by atoms with Crippen LogP contribution in [0.5, 0.6) is 11.5 Å². The molecule has 0 saturated carbocycles. The van der Waals surface area contributed by atoms with Crippen LogP contribution < -0.4 is 26.1 Å². The number of ether oxygens (including phenoxy) is 2. The van der Waals surface area contributed by atoms with Gasteiger partial charge < -0.3 is 9.47 Å². The second kappa shape index (κ2) is 9.20. The zero-order valence-electron chi connectivity index (χ0n) is 13.7. The van der Waals surface area contributed by atoms with E-state index in [0.717, 1.165) is 16.2 Å². The van der Waals surface area contributed by atoms with E-state index < -0.39 is 17.2 Å². The Balaban J connectivity index is 2.00. The number of hydrogen-bond acceptors (Lipinski definition) is 8. The fourth-order valence-corrected chi connectivity index (χ4v) is 2.91. The SMILES string of the molecule is COc1cc(Br)cc(/C=N/NC(=O)CSc2n[nH]c(=O)[nH]c2=O)c1OC. The van der Waals surface area contributed by atoms with E-state index in [2.05, 4.69) is 36.7 Å². The Morgan fingerprint density at radius 1 is 1.38 bits per heavy atom. The van der Waals surface area contributed by atoms with Crippen LogP contribution in [0.3, 0.4) is 0 Å². The third-order valence-electron chi connectivity index (χ3n) is 2.89. The quantitative estimate of drug-likeness (QED) is 0.321. The largest absolute Gasteiger partial charge is 0.493 e. The molecule has 0 atom stereocenters. The summed E-state index contributed by atoms with van der Waals surface area (Å²) >= 11 is 4.21. The standard InChI is InChI=1S/C14H14BrN5O5S/c1-24-9-4-8(15)3-7(11(9)25-2)5-16-18-10(21)6-26-13-12(22)17-14(23)20-19-13/h3-5H,6H2,1-2H3,(H,18,21)(H2,17,20,22,23)/b16-5+. The highest BCUT2D eigenvalue weighted by Gasteiger charge is 2.11. The van der Waals surface area contributed by atoms with E-state index in [1.54, 1.807) is 12.1 Å². The lowest BCUT2D eigenvalue weighted by Gasteiger charge is -2.10. The molecule has 0 spiro atoms. The molecule has 0 unspecified atom stereocenters. The molecule has 0 aliphatic carbocycles. The fourth-order valence-electron chi connectivity index (χ4n) is 1.83. The summed E-state index contributed by atoms with van der Waals surface area (Å²) in [6.07, 6.45) is 1.40. The van der Waals surface area contributed by atoms with Gasteiger partial charge in [0.05, 0.1) is 26.2 Å². The van der Waals surface area contributed by atoms with E-state index in [0.29, 0.717) is 17.1 Å². The number of hydrogen-bond donors (Lipinski definition) is 3. The van der Waals surface area contributed by atoms with Crippen molar-refractivity contribution in [3.8, 4) is 11.5 Å². The number of nitrogens with zero attached hydrogens (tertiary/aromatic N) is 2. The number of benzene rings is 1. The number of rotatable bonds is 7. The number of nitrogens with one attached hydrogen (secondary N) is 3. The first-order chi connectivity index (χ1) is 12.4. The summed E-state index contributed by atoms with van der Waals surface area (Å²) < 4.78 is 11.3. The van der Waals surface area contributed by atoms with Crippen molar-refractivity contribution in [1.82, 2.24) is 20.6 Å². The van der Waals surface area contributed by atoms with Crippen molar-refractivity contribution in [2.45, 2.75) is 5.03 Å². The van der Waals surface area contributed by atoms with Gasteiger partial charge in [0.1, 0.15) is 0 Å². The fraction of sp³-hybridized carbons (Fsp3) is 0.214. The molecule has 0 aliphatic rings. The van der Waals surface area contributed by atoms with Gasteiger partial charge in [0.15, 0.2) is 16.5 Å². The van der Waals surface area contributed by atoms with Crippen LogP contribution in [-0.4, -0.2) is 47.3 Å². The van der Waals surface area contributed by atoms with E-state index >= 15 is 0 Å². The van der Waals surface area contributed by atoms with Crippen molar-refractivity contribution in [1.29, 1.82) is 0 Å². The molecule has 1 heterocycles. The lowest BCUT2D eigenvalue weighted by atomic mass is 10.2. The lowest BCUT2D eigenvalue weighted by molar-refractivity contribution is -0.118. The molecule has 2 aromatic rings. The maximum absolute atomic E-state index is 11.8. The molecule has 26 heavy (non-hydrogen) atoms. The van der Waals surface area contributed by atoms with Crippen molar-refractivity contribution in [3.05, 3.63) is 43.0 Å². The Morgan fingerprint density at radius 2 is 2.15 bits per heavy atom. The maximum Gasteiger partial charge on any atom is 0.342 e. The number of hydrazone groups is 1. The molecule has 0 fully saturated rings. The lowest BCUT2D eigenvalue weighted by Crippen LogP contribution is -2.26. The van der Waals surface area contributed by atoms with Gasteiger partial charge >= 0.3 is 5.69 Å². The summed E-state index contributed by atoms with van der Waals surface area (Å²) in [7, 11) is 3.00. The van der Waals surface area contributed by atoms with Gasteiger partial charge in [-0.1, -0.05) is 27.7 Å². The number of amides is 1. The molecule has 0 saturated heterocycles. The Kier molecular flexibility index (Phi) is 6.97. The van der Waals surface area contributed by atoms with Crippen molar-refractivity contribution in [3.63, 3.8) is 0 Å². The third kappa shape index (κ3) is 5.20. The van der Waals surface area contributed by atoms with Gasteiger partial charge in [-0.25, -0.2) is 15.3 Å². The monoisotopic (exact) mass is 443 g/mol. The number of methoxy groups -OCH3 is 2. The molecule has 10 nitrogen and oxygen atoms in total. The predicted molar refractivity (Wildman–Crippen MR) is 99.2 cm³/mol. The van der Waals surface area contributed by atoms with Crippen molar-refractivity contribution >= 4 is 39.8 Å². The van der Waals surface area contributed by atoms with E-state index in [4.69, 9.17) is 9.47 Å². The van der Waals surface area contributed by atoms with Crippen LogP contribution in [0.4, 0.5) is 0 Å². The average Bonchev–Trinajstić information content (AvgIpc) is 2.60. The molecular weight excluding hydrogens is 430 g/mol. The normalized spacial score (nSPS) is 10.7. The zero-order chi connectivity index (χ0) is 19.1. The van der Waals surface area contributed by atoms with Gasteiger partial charge in [0.2, 0.25) is 5.91 Å². The molecule has 3 N–H and O–H groups in total. The molecule has 1 aromatic carbocycles. The summed E-state index contributed by atoms with van der Waals surface area (Å²) in [4.78, 5) is 36.2. The van der Waals surface area contributed by atoms with Gasteiger partial charge in [0.25, 0.3) is 5.56 Å². The first-order valence-corrected chi connectivity index (χ1v) is 8.77. The number of thioether (sulfide) groups is 1. The highest BCUT2D eigenvalue weighted by molar-refractivity contribution is 9.10. The van der Waals surface area contributed by atoms with Crippen molar-refractivity contribution < 1.29 is 14.3 Å². The highest BCUT2D eigenvalue weighted by Crippen LogP contribution is 2.33. The second-order valence-electron chi connectivity index (χ2n) is 4.62. The van der Waals surface area contributed by atoms with Gasteiger partial charge in [-0.2, -0.15) is 10.2 Å². The minimum absolute atomic E-state index is 0.0258. The summed E-state index contributed by atoms with van der Waals surface area (Å²) in [5.41, 5.74) is 1.53. The van der Waals surface area contributed by atoms with Crippen LogP contribution in [0.25, 0.3) is 0 Å². The summed E-state index contributed by atoms with van der Waals surface area (Å²) in [6.45, 7) is 0. The third-order valence-corrected chi connectivity index (χ3v) is 4.30. The number of halogens is 1. The number of aromatic nitrogens is 3. The van der Waals surface area contributed by atoms with E-state index in [1.807, 2.05) is 4.98 Å². The van der Waals surface area contributed by atoms with E-state index in [-0.39, 0.29) is 10.8 Å². The van der Waals surface area contributed by atoms with Crippen LogP contribution >= 0.6 is 27.7 Å². The first-order valence-electron chi connectivity index (χ1n) is 6.99. The number of aromatic amines is 2. The Bertz CT molecular complexity index is 942. The minimum atomic E-state index is -0.716. The van der Waals surface area contributed by atoms with Gasteiger partial charge in [-0.15, -0.1) is 0 Å². The van der Waals surface area contributed by atoms with Gasteiger partial charge in [-0.3, -0.25) is 14.6 Å². The summed E-state index contributed by atoms with van der Waals surface area (Å²) in [6, 6.07) is 3.48. The molecule has 0 radical (unpaired) electrons. The first kappa shape index (κ1) is 19.7. The molecule has 1 amide bonds. The number of H-pyrrole nitrogens is 2. The summed E-state index contributed by atoms with van der Waals surface area (Å²) in [5, 5.41) is 9.47. The Hall–Kier alpha value is -2.60. The Labute approximate surface area is 159 Å². The van der Waals surface area contributed by atoms with Gasteiger partial charge in [0, 0.05) is 10.0 Å². The average molecular weight is 444 g/mol. The van der Waals surface area contributed by atoms with Crippen LogP contribution in [0.1, 0.15) is 5.56 Å². The molecule has 0 aliphatic heterocycles. The van der Waals surface area contributed by atoms with Crippen LogP contribution in [0, 0.1) is 0 Å². The molecule has 12 heteroatoms. The minimum Gasteiger partial charge on any atom is -0.493 e. The smallest absolute Gasteiger partial charge is 0.342 e. The van der Waals surface area contributed by atoms with Crippen LogP contribution in [-0.2, 0) is 4.79 Å². The highest BCUT2D eigenvalue weighted by atomic mass is 79.9. The second-order valence-corrected chi connectivity index (χ2v) is 6.50. The molecular formula is C14H14BrN5O5S. The Morgan fingerprint density at radius 3 is 2.81 bits per heavy atom. The van der Waals surface area contributed by atoms with E-state index in [9.17, 15) is 14.4 Å². The van der Waals surface area contributed by atoms with Crippen LogP contribution in [0.15, 0.2) is 36.3 Å². The predicted octanol–water partition coefficient (Wildman–Crippen LogP) is 0.480. The number of carbonyl (C=O) groups is 1. The topological polar surface area (TPSA) is 139 Å². The van der Waals surface area contributed by atoms with Crippen LogP contribution in [0.2, 0.25) is 0 Å². The zero-order valence-corrected chi connectivity index (χ0v) is 16.1. The molecule has 0 bridgehead atoms. The van der Waals surface area contributed by atoms with E-state index in [1.165, 1.54) is 20.4 Å². The van der Waals surface area contributed by atoms with Crippen molar-refractivity contribution in [2.75, 3.05) is 20.0 Å². The molecule has 138 valence electrons. The maximum atomic E-state index is 11.8. The summed E-state index contributed by atoms with van der Waals surface area (Å²) in [5.74, 6) is 0.401. The molecule has 2 rings (SSSR count). The van der Waals surface area contributed by atoms with Crippen molar-refractivity contribution in [2.24, 2.45) is 5.10 Å². The number of carbonyl (C=O) groups excluding carboxylic acids is 1.